The van der Waals surface area contributed by atoms with Crippen LogP contribution in [0.1, 0.15) is 75.9 Å². The predicted molar refractivity (Wildman–Crippen MR) is 110 cm³/mol. The van der Waals surface area contributed by atoms with Crippen LogP contribution in [0.15, 0.2) is 6.20 Å². The molecule has 0 amide bonds. The zero-order chi connectivity index (χ0) is 21.4. The third-order valence-electron chi connectivity index (χ3n) is 9.35. The van der Waals surface area contributed by atoms with Crippen LogP contribution in [0.25, 0.3) is 0 Å². The molecule has 30 heavy (non-hydrogen) atoms. The van der Waals surface area contributed by atoms with Crippen molar-refractivity contribution >= 4 is 17.7 Å². The number of carbonyl (C=O) groups excluding carboxylic acids is 3. The smallest absolute Gasteiger partial charge is 0.303 e. The molecule has 0 bridgehead atoms. The van der Waals surface area contributed by atoms with Crippen molar-refractivity contribution in [2.75, 3.05) is 0 Å². The Kier molecular flexibility index (Phi) is 4.33. The normalized spacial score (nSPS) is 42.0. The molecule has 0 aliphatic heterocycles. The van der Waals surface area contributed by atoms with E-state index in [9.17, 15) is 14.4 Å². The Morgan fingerprint density at radius 3 is 2.63 bits per heavy atom. The van der Waals surface area contributed by atoms with E-state index in [1.807, 2.05) is 6.20 Å². The second-order valence-corrected chi connectivity index (χ2v) is 10.7. The highest BCUT2D eigenvalue weighted by molar-refractivity contribution is 5.92. The van der Waals surface area contributed by atoms with Gasteiger partial charge < -0.3 is 4.74 Å². The molecule has 0 unspecified atom stereocenters. The van der Waals surface area contributed by atoms with Crippen molar-refractivity contribution in [2.24, 2.45) is 34.5 Å². The minimum atomic E-state index is -0.562. The monoisotopic (exact) mass is 412 g/mol. The van der Waals surface area contributed by atoms with Gasteiger partial charge in [-0.1, -0.05) is 13.8 Å². The number of esters is 1. The van der Waals surface area contributed by atoms with Gasteiger partial charge in [-0.25, -0.2) is 4.68 Å². The van der Waals surface area contributed by atoms with E-state index in [4.69, 9.17) is 4.74 Å². The van der Waals surface area contributed by atoms with Crippen LogP contribution in [0.2, 0.25) is 0 Å². The highest BCUT2D eigenvalue weighted by Gasteiger charge is 2.63. The molecule has 1 aromatic rings. The van der Waals surface area contributed by atoms with Gasteiger partial charge in [-0.05, 0) is 79.6 Å². The van der Waals surface area contributed by atoms with Crippen LogP contribution in [0, 0.1) is 34.5 Å². The van der Waals surface area contributed by atoms with Crippen molar-refractivity contribution in [3.63, 3.8) is 0 Å². The van der Waals surface area contributed by atoms with Crippen LogP contribution in [-0.4, -0.2) is 33.5 Å². The number of hydrogen-bond donors (Lipinski definition) is 0. The van der Waals surface area contributed by atoms with E-state index in [1.165, 1.54) is 12.5 Å². The van der Waals surface area contributed by atoms with E-state index in [1.54, 1.807) is 11.6 Å². The predicted octanol–water partition coefficient (Wildman–Crippen LogP) is 3.61. The summed E-state index contributed by atoms with van der Waals surface area (Å²) in [4.78, 5) is 36.7. The highest BCUT2D eigenvalue weighted by Crippen LogP contribution is 2.65. The first-order chi connectivity index (χ1) is 14.1. The van der Waals surface area contributed by atoms with Crippen molar-refractivity contribution in [1.29, 1.82) is 0 Å². The van der Waals surface area contributed by atoms with Crippen LogP contribution < -0.4 is 0 Å². The SMILES string of the molecule is CC(=O)O[C@H]1C[C@@H]2[C@@H]3CC[C@@H]4Cc5c(cnn5C(C)=O)C[C@]4(C)[C@@H]3CC[C@]2(C)C1=O. The Balaban J connectivity index is 1.45. The quantitative estimate of drug-likeness (QED) is 0.659. The lowest BCUT2D eigenvalue weighted by Gasteiger charge is -2.59. The van der Waals surface area contributed by atoms with Crippen molar-refractivity contribution < 1.29 is 19.1 Å². The molecule has 0 saturated heterocycles. The van der Waals surface area contributed by atoms with Crippen LogP contribution >= 0.6 is 0 Å². The average molecular weight is 413 g/mol. The number of carbonyl (C=O) groups is 3. The summed E-state index contributed by atoms with van der Waals surface area (Å²) < 4.78 is 7.03. The molecule has 0 aromatic carbocycles. The minimum Gasteiger partial charge on any atom is -0.455 e. The van der Waals surface area contributed by atoms with Crippen LogP contribution in [0.5, 0.6) is 0 Å². The molecular formula is C24H32N2O4. The number of rotatable bonds is 1. The summed E-state index contributed by atoms with van der Waals surface area (Å²) in [5.74, 6) is 1.68. The number of ketones is 1. The third kappa shape index (κ3) is 2.61. The highest BCUT2D eigenvalue weighted by atomic mass is 16.5. The van der Waals surface area contributed by atoms with Gasteiger partial charge in [0.25, 0.3) is 0 Å². The van der Waals surface area contributed by atoms with Crippen LogP contribution in [0.4, 0.5) is 0 Å². The third-order valence-corrected chi connectivity index (χ3v) is 9.35. The van der Waals surface area contributed by atoms with Gasteiger partial charge in [0.15, 0.2) is 11.9 Å². The lowest BCUT2D eigenvalue weighted by Crippen LogP contribution is -2.54. The molecule has 1 heterocycles. The number of Topliss-reactive ketones (excluding diaryl/α,β-unsaturated/α-hetero) is 1. The van der Waals surface area contributed by atoms with Gasteiger partial charge in [0.2, 0.25) is 5.91 Å². The molecule has 0 radical (unpaired) electrons. The summed E-state index contributed by atoms with van der Waals surface area (Å²) in [6, 6.07) is 0. The number of hydrogen-bond acceptors (Lipinski definition) is 5. The Bertz CT molecular complexity index is 936. The lowest BCUT2D eigenvalue weighted by atomic mass is 9.45. The van der Waals surface area contributed by atoms with E-state index >= 15 is 0 Å². The molecule has 6 nitrogen and oxygen atoms in total. The number of ether oxygens (including phenoxy) is 1. The summed E-state index contributed by atoms with van der Waals surface area (Å²) in [5.41, 5.74) is 2.14. The lowest BCUT2D eigenvalue weighted by molar-refractivity contribution is -0.154. The number of aromatic nitrogens is 2. The second kappa shape index (κ2) is 6.51. The van der Waals surface area contributed by atoms with Crippen molar-refractivity contribution in [2.45, 2.75) is 78.7 Å². The Morgan fingerprint density at radius 2 is 1.93 bits per heavy atom. The number of fused-ring (bicyclic) bond motifs is 6. The molecule has 6 heteroatoms. The maximum atomic E-state index is 13.1. The van der Waals surface area contributed by atoms with E-state index < -0.39 is 6.10 Å². The zero-order valence-electron chi connectivity index (χ0n) is 18.4. The molecule has 4 aliphatic rings. The molecule has 3 saturated carbocycles. The zero-order valence-corrected chi connectivity index (χ0v) is 18.4. The van der Waals surface area contributed by atoms with Gasteiger partial charge in [-0.2, -0.15) is 5.10 Å². The van der Waals surface area contributed by atoms with Crippen molar-refractivity contribution in [3.8, 4) is 0 Å². The topological polar surface area (TPSA) is 78.3 Å². The maximum Gasteiger partial charge on any atom is 0.303 e. The van der Waals surface area contributed by atoms with E-state index in [2.05, 4.69) is 18.9 Å². The van der Waals surface area contributed by atoms with Crippen molar-refractivity contribution in [3.05, 3.63) is 17.5 Å². The average Bonchev–Trinajstić information content (AvgIpc) is 3.18. The molecule has 0 spiro atoms. The molecular weight excluding hydrogens is 380 g/mol. The first kappa shape index (κ1) is 20.0. The van der Waals surface area contributed by atoms with Gasteiger partial charge in [-0.15, -0.1) is 0 Å². The van der Waals surface area contributed by atoms with Gasteiger partial charge in [0.05, 0.1) is 11.9 Å². The Morgan fingerprint density at radius 1 is 1.17 bits per heavy atom. The maximum absolute atomic E-state index is 13.1. The van der Waals surface area contributed by atoms with Crippen LogP contribution in [0.3, 0.4) is 0 Å². The van der Waals surface area contributed by atoms with E-state index in [-0.39, 0.29) is 28.5 Å². The largest absolute Gasteiger partial charge is 0.455 e. The van der Waals surface area contributed by atoms with E-state index in [0.717, 1.165) is 44.2 Å². The first-order valence-corrected chi connectivity index (χ1v) is 11.4. The van der Waals surface area contributed by atoms with Gasteiger partial charge in [-0.3, -0.25) is 14.4 Å². The fraction of sp³-hybridized carbons (Fsp3) is 0.750. The summed E-state index contributed by atoms with van der Waals surface area (Å²) in [7, 11) is 0. The second-order valence-electron chi connectivity index (χ2n) is 10.7. The molecule has 0 N–H and O–H groups in total. The Labute approximate surface area is 177 Å². The van der Waals surface area contributed by atoms with Gasteiger partial charge >= 0.3 is 5.97 Å². The molecule has 5 rings (SSSR count). The molecule has 3 fully saturated rings. The molecule has 4 aliphatic carbocycles. The Hall–Kier alpha value is -1.98. The van der Waals surface area contributed by atoms with Gasteiger partial charge in [0, 0.05) is 19.3 Å². The molecule has 1 aromatic heterocycles. The molecule has 7 atom stereocenters. The summed E-state index contributed by atoms with van der Waals surface area (Å²) in [6.45, 7) is 7.53. The van der Waals surface area contributed by atoms with Crippen LogP contribution in [-0.2, 0) is 27.2 Å². The van der Waals surface area contributed by atoms with Gasteiger partial charge in [0.1, 0.15) is 0 Å². The summed E-state index contributed by atoms with van der Waals surface area (Å²) >= 11 is 0. The molecule has 162 valence electrons. The van der Waals surface area contributed by atoms with Crippen molar-refractivity contribution in [1.82, 2.24) is 9.78 Å². The number of nitrogens with zero attached hydrogens (tertiary/aromatic N) is 2. The van der Waals surface area contributed by atoms with E-state index in [0.29, 0.717) is 30.1 Å². The summed E-state index contributed by atoms with van der Waals surface area (Å²) in [6.07, 6.45) is 8.09. The fourth-order valence-electron chi connectivity index (χ4n) is 7.90. The standard InChI is InChI=1S/C24H32N2O4/c1-13(27)26-20-9-16-5-6-17-18(24(16,4)11-15(20)12-25-26)7-8-23(3)19(17)10-21(22(23)29)30-14(2)28/h12,16-19,21H,5-11H2,1-4H3/t16-,17-,18-,19-,21+,23+,24+/m1/s1. The fourth-order valence-corrected chi connectivity index (χ4v) is 7.90. The minimum absolute atomic E-state index is 0.0112. The summed E-state index contributed by atoms with van der Waals surface area (Å²) in [5, 5.41) is 4.38. The first-order valence-electron chi connectivity index (χ1n) is 11.4.